The van der Waals surface area contributed by atoms with Gasteiger partial charge in [0, 0.05) is 18.5 Å². The van der Waals surface area contributed by atoms with Gasteiger partial charge in [-0.15, -0.1) is 22.7 Å². The molecule has 0 atom stereocenters. The Morgan fingerprint density at radius 3 is 2.73 bits per heavy atom. The van der Waals surface area contributed by atoms with E-state index in [-0.39, 0.29) is 11.9 Å². The summed E-state index contributed by atoms with van der Waals surface area (Å²) in [6, 6.07) is 5.69. The summed E-state index contributed by atoms with van der Waals surface area (Å²) in [5.41, 5.74) is 7.13. The van der Waals surface area contributed by atoms with Gasteiger partial charge in [0.15, 0.2) is 0 Å². The zero-order valence-corrected chi connectivity index (χ0v) is 19.0. The second-order valence-electron chi connectivity index (χ2n) is 6.40. The van der Waals surface area contributed by atoms with Crippen LogP contribution in [-0.4, -0.2) is 59.3 Å². The van der Waals surface area contributed by atoms with Crippen molar-refractivity contribution in [1.29, 1.82) is 0 Å². The summed E-state index contributed by atoms with van der Waals surface area (Å²) in [4.78, 5) is 31.1. The largest absolute Gasteiger partial charge is 0.394 e. The minimum absolute atomic E-state index is 0.134. The SMILES string of the molecule is CCNC(=O)c1cc2c(/C(=N\OCCN(CC)CC)c3cccs3)nc(N)nc2s1. The fraction of sp³-hybridized carbons (Fsp3) is 0.400. The summed E-state index contributed by atoms with van der Waals surface area (Å²) in [7, 11) is 0. The van der Waals surface area contributed by atoms with Crippen LogP contribution >= 0.6 is 22.7 Å². The van der Waals surface area contributed by atoms with Crippen LogP contribution < -0.4 is 11.1 Å². The molecule has 0 bridgehead atoms. The van der Waals surface area contributed by atoms with Gasteiger partial charge in [0.05, 0.1) is 9.75 Å². The van der Waals surface area contributed by atoms with Crippen molar-refractivity contribution in [3.8, 4) is 0 Å². The molecule has 0 aliphatic carbocycles. The van der Waals surface area contributed by atoms with Gasteiger partial charge >= 0.3 is 0 Å². The fourth-order valence-electron chi connectivity index (χ4n) is 2.92. The molecule has 10 heteroatoms. The molecule has 0 spiro atoms. The Bertz CT molecular complexity index is 1010. The number of hydrogen-bond acceptors (Lipinski definition) is 9. The first-order chi connectivity index (χ1) is 14.6. The van der Waals surface area contributed by atoms with Crippen molar-refractivity contribution < 1.29 is 9.63 Å². The number of anilines is 1. The molecule has 0 saturated heterocycles. The van der Waals surface area contributed by atoms with E-state index in [2.05, 4.69) is 39.2 Å². The number of nitrogens with two attached hydrogens (primary N) is 1. The highest BCUT2D eigenvalue weighted by atomic mass is 32.1. The Morgan fingerprint density at radius 2 is 2.07 bits per heavy atom. The number of carbonyl (C=O) groups excluding carboxylic acids is 1. The van der Waals surface area contributed by atoms with E-state index in [4.69, 9.17) is 10.6 Å². The van der Waals surface area contributed by atoms with Crippen LogP contribution in [0.5, 0.6) is 0 Å². The molecule has 160 valence electrons. The first-order valence-electron chi connectivity index (χ1n) is 9.89. The first kappa shape index (κ1) is 22.1. The third kappa shape index (κ3) is 5.13. The van der Waals surface area contributed by atoms with Crippen molar-refractivity contribution in [2.75, 3.05) is 38.5 Å². The average Bonchev–Trinajstić information content (AvgIpc) is 3.40. The van der Waals surface area contributed by atoms with Crippen LogP contribution in [0.25, 0.3) is 10.2 Å². The van der Waals surface area contributed by atoms with E-state index in [1.165, 1.54) is 22.7 Å². The zero-order valence-electron chi connectivity index (χ0n) is 17.3. The average molecular weight is 447 g/mol. The summed E-state index contributed by atoms with van der Waals surface area (Å²) < 4.78 is 0. The van der Waals surface area contributed by atoms with Crippen LogP contribution in [0.1, 0.15) is 41.0 Å². The first-order valence-corrected chi connectivity index (χ1v) is 11.6. The quantitative estimate of drug-likeness (QED) is 0.281. The number of nitrogens with one attached hydrogen (secondary N) is 1. The Hall–Kier alpha value is -2.56. The second-order valence-corrected chi connectivity index (χ2v) is 8.37. The maximum absolute atomic E-state index is 12.3. The van der Waals surface area contributed by atoms with Crippen molar-refractivity contribution in [2.24, 2.45) is 5.16 Å². The van der Waals surface area contributed by atoms with Gasteiger partial charge in [-0.1, -0.05) is 25.1 Å². The molecule has 0 unspecified atom stereocenters. The Kier molecular flexibility index (Phi) is 7.72. The predicted octanol–water partition coefficient (Wildman–Crippen LogP) is 3.20. The molecule has 3 N–H and O–H groups in total. The third-order valence-electron chi connectivity index (χ3n) is 4.50. The third-order valence-corrected chi connectivity index (χ3v) is 6.40. The molecular weight excluding hydrogens is 420 g/mol. The van der Waals surface area contributed by atoms with Crippen LogP contribution in [0.2, 0.25) is 0 Å². The van der Waals surface area contributed by atoms with Crippen molar-refractivity contribution in [2.45, 2.75) is 20.8 Å². The molecule has 3 aromatic heterocycles. The van der Waals surface area contributed by atoms with Crippen LogP contribution in [0.3, 0.4) is 0 Å². The number of hydrogen-bond donors (Lipinski definition) is 2. The molecule has 8 nitrogen and oxygen atoms in total. The normalized spacial score (nSPS) is 11.9. The van der Waals surface area contributed by atoms with Crippen LogP contribution in [-0.2, 0) is 4.84 Å². The summed E-state index contributed by atoms with van der Waals surface area (Å²) in [6.45, 7) is 9.84. The smallest absolute Gasteiger partial charge is 0.261 e. The lowest BCUT2D eigenvalue weighted by molar-refractivity contribution is 0.0960. The van der Waals surface area contributed by atoms with Crippen molar-refractivity contribution in [3.63, 3.8) is 0 Å². The van der Waals surface area contributed by atoms with Crippen LogP contribution in [0.4, 0.5) is 5.95 Å². The number of aromatic nitrogens is 2. The lowest BCUT2D eigenvalue weighted by Crippen LogP contribution is -2.26. The lowest BCUT2D eigenvalue weighted by atomic mass is 10.1. The van der Waals surface area contributed by atoms with Gasteiger partial charge in [-0.25, -0.2) is 9.97 Å². The van der Waals surface area contributed by atoms with Gasteiger partial charge in [-0.3, -0.25) is 4.79 Å². The van der Waals surface area contributed by atoms with E-state index < -0.39 is 0 Å². The van der Waals surface area contributed by atoms with E-state index in [0.29, 0.717) is 34.3 Å². The monoisotopic (exact) mass is 446 g/mol. The molecule has 0 aliphatic rings. The highest BCUT2D eigenvalue weighted by Gasteiger charge is 2.20. The predicted molar refractivity (Wildman–Crippen MR) is 124 cm³/mol. The van der Waals surface area contributed by atoms with E-state index >= 15 is 0 Å². The molecule has 0 saturated carbocycles. The van der Waals surface area contributed by atoms with Crippen molar-refractivity contribution in [1.82, 2.24) is 20.2 Å². The Morgan fingerprint density at radius 1 is 1.27 bits per heavy atom. The van der Waals surface area contributed by atoms with Gasteiger partial charge in [0.1, 0.15) is 22.8 Å². The van der Waals surface area contributed by atoms with Gasteiger partial charge in [0.25, 0.3) is 5.91 Å². The summed E-state index contributed by atoms with van der Waals surface area (Å²) in [5.74, 6) is -0.00990. The second kappa shape index (κ2) is 10.5. The molecule has 0 fully saturated rings. The maximum Gasteiger partial charge on any atom is 0.261 e. The van der Waals surface area contributed by atoms with Gasteiger partial charge in [0.2, 0.25) is 5.95 Å². The van der Waals surface area contributed by atoms with Crippen molar-refractivity contribution in [3.05, 3.63) is 39.0 Å². The minimum Gasteiger partial charge on any atom is -0.394 e. The number of rotatable bonds is 10. The number of nitrogen functional groups attached to an aromatic ring is 1. The standard InChI is InChI=1S/C20H26N6O2S2/c1-4-22-18(27)15-12-13-16(23-20(21)24-19(13)30-15)17(14-8-7-11-29-14)25-28-10-9-26(5-2)6-3/h7-8,11-12H,4-6,9-10H2,1-3H3,(H,22,27)(H2,21,23,24)/b25-17-. The maximum atomic E-state index is 12.3. The van der Waals surface area contributed by atoms with E-state index in [0.717, 1.165) is 29.9 Å². The van der Waals surface area contributed by atoms with E-state index in [9.17, 15) is 4.79 Å². The van der Waals surface area contributed by atoms with Gasteiger partial charge in [-0.2, -0.15) is 0 Å². The highest BCUT2D eigenvalue weighted by molar-refractivity contribution is 7.20. The molecule has 0 aliphatic heterocycles. The van der Waals surface area contributed by atoms with Crippen LogP contribution in [0.15, 0.2) is 28.7 Å². The molecule has 1 amide bonds. The molecule has 30 heavy (non-hydrogen) atoms. The van der Waals surface area contributed by atoms with Crippen LogP contribution in [0, 0.1) is 0 Å². The Labute approximate surface area is 183 Å². The number of thiophene rings is 2. The molecular formula is C20H26N6O2S2. The highest BCUT2D eigenvalue weighted by Crippen LogP contribution is 2.29. The number of fused-ring (bicyclic) bond motifs is 1. The fourth-order valence-corrected chi connectivity index (χ4v) is 4.58. The number of amides is 1. The molecule has 3 aromatic rings. The summed E-state index contributed by atoms with van der Waals surface area (Å²) >= 11 is 2.82. The minimum atomic E-state index is -0.143. The van der Waals surface area contributed by atoms with E-state index in [1.807, 2.05) is 24.4 Å². The lowest BCUT2D eigenvalue weighted by Gasteiger charge is -2.16. The zero-order chi connectivity index (χ0) is 21.5. The summed E-state index contributed by atoms with van der Waals surface area (Å²) in [6.07, 6.45) is 0. The number of oxime groups is 1. The molecule has 0 aromatic carbocycles. The van der Waals surface area contributed by atoms with Gasteiger partial charge in [-0.05, 0) is 37.5 Å². The number of nitrogens with zero attached hydrogens (tertiary/aromatic N) is 4. The van der Waals surface area contributed by atoms with E-state index in [1.54, 1.807) is 6.07 Å². The van der Waals surface area contributed by atoms with Gasteiger partial charge < -0.3 is 20.8 Å². The van der Waals surface area contributed by atoms with Crippen molar-refractivity contribution >= 4 is 50.5 Å². The molecule has 3 rings (SSSR count). The summed E-state index contributed by atoms with van der Waals surface area (Å²) in [5, 5.41) is 9.93. The topological polar surface area (TPSA) is 106 Å². The number of likely N-dealkylation sites (N-methyl/N-ethyl adjacent to an activating group) is 1. The number of carbonyl (C=O) groups is 1. The molecule has 0 radical (unpaired) electrons. The molecule has 3 heterocycles. The Balaban J connectivity index is 1.98.